The van der Waals surface area contributed by atoms with Gasteiger partial charge in [-0.25, -0.2) is 8.42 Å². The van der Waals surface area contributed by atoms with Crippen LogP contribution in [-0.2, 0) is 21.2 Å². The number of sulfonamides is 1. The molecule has 0 atom stereocenters. The van der Waals surface area contributed by atoms with Crippen molar-refractivity contribution < 1.29 is 22.7 Å². The normalized spacial score (nSPS) is 10.9. The lowest BCUT2D eigenvalue weighted by Crippen LogP contribution is -2.37. The van der Waals surface area contributed by atoms with Crippen molar-refractivity contribution in [3.05, 3.63) is 90.0 Å². The highest BCUT2D eigenvalue weighted by Gasteiger charge is 2.22. The zero-order chi connectivity index (χ0) is 25.3. The molecule has 2 amide bonds. The number of nitrogens with zero attached hydrogens (tertiary/aromatic N) is 1. The van der Waals surface area contributed by atoms with Crippen LogP contribution in [0.5, 0.6) is 5.75 Å². The highest BCUT2D eigenvalue weighted by molar-refractivity contribution is 7.92. The maximum absolute atomic E-state index is 12.8. The average Bonchev–Trinajstić information content (AvgIpc) is 2.84. The van der Waals surface area contributed by atoms with Crippen LogP contribution in [0.1, 0.15) is 22.8 Å². The third kappa shape index (κ3) is 7.58. The van der Waals surface area contributed by atoms with Crippen LogP contribution in [0, 0.1) is 0 Å². The third-order valence-corrected chi connectivity index (χ3v) is 6.25. The number of para-hydroxylation sites is 1. The molecule has 0 heterocycles. The van der Waals surface area contributed by atoms with Crippen molar-refractivity contribution in [2.24, 2.45) is 0 Å². The van der Waals surface area contributed by atoms with Gasteiger partial charge in [-0.15, -0.1) is 0 Å². The van der Waals surface area contributed by atoms with E-state index in [2.05, 4.69) is 10.6 Å². The number of anilines is 2. The van der Waals surface area contributed by atoms with E-state index in [0.717, 1.165) is 16.1 Å². The van der Waals surface area contributed by atoms with E-state index in [0.29, 0.717) is 42.3 Å². The number of hydrogen-bond acceptors (Lipinski definition) is 5. The first-order valence-electron chi connectivity index (χ1n) is 11.2. The molecule has 0 saturated carbocycles. The van der Waals surface area contributed by atoms with E-state index in [4.69, 9.17) is 4.74 Å². The van der Waals surface area contributed by atoms with E-state index in [9.17, 15) is 18.0 Å². The minimum absolute atomic E-state index is 0.292. The van der Waals surface area contributed by atoms with E-state index >= 15 is 0 Å². The maximum Gasteiger partial charge on any atom is 0.253 e. The van der Waals surface area contributed by atoms with Gasteiger partial charge in [0, 0.05) is 6.54 Å². The Bertz CT molecular complexity index is 1250. The summed E-state index contributed by atoms with van der Waals surface area (Å²) in [6.07, 6.45) is 1.71. The summed E-state index contributed by atoms with van der Waals surface area (Å²) >= 11 is 0. The molecular weight excluding hydrogens is 466 g/mol. The van der Waals surface area contributed by atoms with Crippen LogP contribution in [0.15, 0.2) is 78.9 Å². The molecular formula is C26H29N3O5S. The van der Waals surface area contributed by atoms with E-state index in [1.54, 1.807) is 48.5 Å². The predicted molar refractivity (Wildman–Crippen MR) is 137 cm³/mol. The Balaban J connectivity index is 1.67. The highest BCUT2D eigenvalue weighted by atomic mass is 32.2. The van der Waals surface area contributed by atoms with Crippen molar-refractivity contribution in [2.45, 2.75) is 13.3 Å². The molecule has 8 nitrogen and oxygen atoms in total. The summed E-state index contributed by atoms with van der Waals surface area (Å²) in [5.41, 5.74) is 2.03. The number of hydrogen-bond donors (Lipinski definition) is 2. The van der Waals surface area contributed by atoms with Crippen LogP contribution < -0.4 is 19.7 Å². The van der Waals surface area contributed by atoms with Crippen LogP contribution in [0.3, 0.4) is 0 Å². The molecule has 0 radical (unpaired) electrons. The van der Waals surface area contributed by atoms with Crippen molar-refractivity contribution >= 4 is 33.2 Å². The standard InChI is InChI=1S/C26H29N3O5S/c1-3-34-22-15-13-21(14-16-22)29(35(2,32)33)19-25(30)28-24-12-8-7-11-23(24)26(31)27-18-17-20-9-5-4-6-10-20/h4-16H,3,17-19H2,1-2H3,(H,27,31)(H,28,30). The van der Waals surface area contributed by atoms with Crippen LogP contribution in [0.4, 0.5) is 11.4 Å². The second-order valence-electron chi connectivity index (χ2n) is 7.78. The largest absolute Gasteiger partial charge is 0.494 e. The predicted octanol–water partition coefficient (Wildman–Crippen LogP) is 3.46. The smallest absolute Gasteiger partial charge is 0.253 e. The Morgan fingerprint density at radius 2 is 1.57 bits per heavy atom. The Hall–Kier alpha value is -3.85. The van der Waals surface area contributed by atoms with Crippen LogP contribution >= 0.6 is 0 Å². The number of carbonyl (C=O) groups is 2. The first kappa shape index (κ1) is 25.8. The average molecular weight is 496 g/mol. The second-order valence-corrected chi connectivity index (χ2v) is 9.69. The highest BCUT2D eigenvalue weighted by Crippen LogP contribution is 2.22. The van der Waals surface area contributed by atoms with Gasteiger partial charge in [-0.1, -0.05) is 42.5 Å². The molecule has 0 aliphatic carbocycles. The summed E-state index contributed by atoms with van der Waals surface area (Å²) in [6.45, 7) is 2.32. The van der Waals surface area contributed by atoms with Gasteiger partial charge in [0.15, 0.2) is 0 Å². The molecule has 35 heavy (non-hydrogen) atoms. The molecule has 0 fully saturated rings. The molecule has 3 rings (SSSR count). The van der Waals surface area contributed by atoms with E-state index in [1.807, 2.05) is 37.3 Å². The SMILES string of the molecule is CCOc1ccc(N(CC(=O)Nc2ccccc2C(=O)NCCc2ccccc2)S(C)(=O)=O)cc1. The van der Waals surface area contributed by atoms with Crippen molar-refractivity contribution in [3.8, 4) is 5.75 Å². The molecule has 0 aromatic heterocycles. The lowest BCUT2D eigenvalue weighted by Gasteiger charge is -2.22. The van der Waals surface area contributed by atoms with Crippen molar-refractivity contribution in [1.29, 1.82) is 0 Å². The monoisotopic (exact) mass is 495 g/mol. The second kappa shape index (κ2) is 12.0. The van der Waals surface area contributed by atoms with E-state index < -0.39 is 22.5 Å². The Kier molecular flexibility index (Phi) is 8.86. The lowest BCUT2D eigenvalue weighted by molar-refractivity contribution is -0.114. The molecule has 0 spiro atoms. The number of ether oxygens (including phenoxy) is 1. The maximum atomic E-state index is 12.8. The van der Waals surface area contributed by atoms with Gasteiger partial charge in [-0.3, -0.25) is 13.9 Å². The van der Waals surface area contributed by atoms with Gasteiger partial charge in [-0.05, 0) is 55.3 Å². The van der Waals surface area contributed by atoms with Crippen molar-refractivity contribution in [2.75, 3.05) is 35.6 Å². The first-order chi connectivity index (χ1) is 16.8. The Morgan fingerprint density at radius 1 is 0.914 bits per heavy atom. The molecule has 0 unspecified atom stereocenters. The zero-order valence-electron chi connectivity index (χ0n) is 19.7. The summed E-state index contributed by atoms with van der Waals surface area (Å²) in [4.78, 5) is 25.6. The number of benzene rings is 3. The summed E-state index contributed by atoms with van der Waals surface area (Å²) in [7, 11) is -3.74. The molecule has 3 aromatic carbocycles. The molecule has 0 aliphatic rings. The number of amides is 2. The summed E-state index contributed by atoms with van der Waals surface area (Å²) in [6, 6.07) is 22.8. The lowest BCUT2D eigenvalue weighted by atomic mass is 10.1. The van der Waals surface area contributed by atoms with Crippen molar-refractivity contribution in [3.63, 3.8) is 0 Å². The molecule has 184 valence electrons. The molecule has 9 heteroatoms. The topological polar surface area (TPSA) is 105 Å². The Labute approximate surface area is 206 Å². The zero-order valence-corrected chi connectivity index (χ0v) is 20.5. The molecule has 3 aromatic rings. The molecule has 2 N–H and O–H groups in total. The van der Waals surface area contributed by atoms with Gasteiger partial charge in [0.2, 0.25) is 15.9 Å². The van der Waals surface area contributed by atoms with Crippen LogP contribution in [0.25, 0.3) is 0 Å². The number of nitrogens with one attached hydrogen (secondary N) is 2. The van der Waals surface area contributed by atoms with Crippen LogP contribution in [-0.4, -0.2) is 46.2 Å². The van der Waals surface area contributed by atoms with Gasteiger partial charge in [-0.2, -0.15) is 0 Å². The number of rotatable bonds is 11. The molecule has 0 bridgehead atoms. The van der Waals surface area contributed by atoms with Gasteiger partial charge >= 0.3 is 0 Å². The van der Waals surface area contributed by atoms with Gasteiger partial charge in [0.25, 0.3) is 5.91 Å². The minimum Gasteiger partial charge on any atom is -0.494 e. The summed E-state index contributed by atoms with van der Waals surface area (Å²) < 4.78 is 31.2. The fourth-order valence-electron chi connectivity index (χ4n) is 3.45. The van der Waals surface area contributed by atoms with Gasteiger partial charge in [0.1, 0.15) is 12.3 Å². The Morgan fingerprint density at radius 3 is 2.23 bits per heavy atom. The number of carbonyl (C=O) groups excluding carboxylic acids is 2. The van der Waals surface area contributed by atoms with E-state index in [-0.39, 0.29) is 5.91 Å². The fraction of sp³-hybridized carbons (Fsp3) is 0.231. The molecule has 0 aliphatic heterocycles. The summed E-state index contributed by atoms with van der Waals surface area (Å²) in [5.74, 6) is -0.307. The van der Waals surface area contributed by atoms with E-state index in [1.165, 1.54) is 0 Å². The third-order valence-electron chi connectivity index (χ3n) is 5.11. The van der Waals surface area contributed by atoms with Crippen LogP contribution in [0.2, 0.25) is 0 Å². The minimum atomic E-state index is -3.74. The van der Waals surface area contributed by atoms with Crippen molar-refractivity contribution in [1.82, 2.24) is 5.32 Å². The molecule has 0 saturated heterocycles. The van der Waals surface area contributed by atoms with Gasteiger partial charge in [0.05, 0.1) is 29.8 Å². The quantitative estimate of drug-likeness (QED) is 0.424. The fourth-order valence-corrected chi connectivity index (χ4v) is 4.30. The first-order valence-corrected chi connectivity index (χ1v) is 13.0. The summed E-state index contributed by atoms with van der Waals surface area (Å²) in [5, 5.41) is 5.53. The van der Waals surface area contributed by atoms with Gasteiger partial charge < -0.3 is 15.4 Å².